The van der Waals surface area contributed by atoms with E-state index in [9.17, 15) is 29.3 Å². The van der Waals surface area contributed by atoms with Gasteiger partial charge in [-0.05, 0) is 89.5 Å². The highest BCUT2D eigenvalue weighted by atomic mass is 16.7. The van der Waals surface area contributed by atoms with Crippen LogP contribution in [0.3, 0.4) is 0 Å². The number of nitro benzene ring substituents is 1. The first-order valence-corrected chi connectivity index (χ1v) is 16.3. The summed E-state index contributed by atoms with van der Waals surface area (Å²) in [6, 6.07) is 5.30. The van der Waals surface area contributed by atoms with E-state index in [1.54, 1.807) is 101 Å². The van der Waals surface area contributed by atoms with E-state index in [-0.39, 0.29) is 17.7 Å². The van der Waals surface area contributed by atoms with E-state index >= 15 is 0 Å². The molecule has 1 heterocycles. The van der Waals surface area contributed by atoms with Crippen molar-refractivity contribution in [1.29, 1.82) is 0 Å². The number of nitrogens with zero attached hydrogens (tertiary/aromatic N) is 1. The number of rotatable bonds is 11. The molecule has 1 N–H and O–H groups in total. The molecule has 0 bridgehead atoms. The molecular weight excluding hydrogens is 636 g/mol. The lowest BCUT2D eigenvalue weighted by atomic mass is 9.92. The molecule has 0 saturated carbocycles. The van der Waals surface area contributed by atoms with Crippen molar-refractivity contribution < 1.29 is 47.8 Å². The average molecular weight is 691 g/mol. The van der Waals surface area contributed by atoms with Crippen molar-refractivity contribution >= 4 is 29.6 Å². The molecule has 0 aliphatic carbocycles. The van der Waals surface area contributed by atoms with Crippen LogP contribution in [0, 0.1) is 31.8 Å². The van der Waals surface area contributed by atoms with Crippen LogP contribution in [-0.4, -0.2) is 66.1 Å². The van der Waals surface area contributed by atoms with Gasteiger partial charge in [-0.15, -0.1) is 6.58 Å². The summed E-state index contributed by atoms with van der Waals surface area (Å²) in [6.45, 7) is 23.1. The summed E-state index contributed by atoms with van der Waals surface area (Å²) in [5.74, 6) is -2.63. The number of hydrogen-bond acceptors (Lipinski definition) is 12. The maximum absolute atomic E-state index is 13.5. The van der Waals surface area contributed by atoms with Crippen LogP contribution < -0.4 is 5.32 Å². The maximum Gasteiger partial charge on any atom is 0.311 e. The number of carbonyl (C=O) groups excluding carboxylic acids is 4. The second kappa shape index (κ2) is 15.8. The highest BCUT2D eigenvalue weighted by Crippen LogP contribution is 2.36. The molecule has 274 valence electrons. The third-order valence-corrected chi connectivity index (χ3v) is 7.47. The Labute approximate surface area is 289 Å². The second-order valence-electron chi connectivity index (χ2n) is 16.4. The van der Waals surface area contributed by atoms with Crippen LogP contribution in [0.4, 0.5) is 5.69 Å². The van der Waals surface area contributed by atoms with Crippen molar-refractivity contribution in [3.63, 3.8) is 0 Å². The van der Waals surface area contributed by atoms with Crippen molar-refractivity contribution in [2.24, 2.45) is 21.7 Å². The zero-order chi connectivity index (χ0) is 37.7. The van der Waals surface area contributed by atoms with Crippen molar-refractivity contribution in [2.45, 2.75) is 126 Å². The predicted molar refractivity (Wildman–Crippen MR) is 181 cm³/mol. The van der Waals surface area contributed by atoms with Gasteiger partial charge in [0.1, 0.15) is 12.7 Å². The molecule has 1 aliphatic heterocycles. The summed E-state index contributed by atoms with van der Waals surface area (Å²) in [4.78, 5) is 64.8. The Morgan fingerprint density at radius 2 is 1.24 bits per heavy atom. The number of nitro groups is 1. The number of hydrogen-bond donors (Lipinski definition) is 1. The summed E-state index contributed by atoms with van der Waals surface area (Å²) >= 11 is 0. The van der Waals surface area contributed by atoms with Crippen LogP contribution in [0.2, 0.25) is 0 Å². The summed E-state index contributed by atoms with van der Waals surface area (Å²) in [7, 11) is 0. The summed E-state index contributed by atoms with van der Waals surface area (Å²) in [6.07, 6.45) is -5.16. The van der Waals surface area contributed by atoms with Crippen LogP contribution in [-0.2, 0) is 42.9 Å². The molecule has 1 aromatic rings. The predicted octanol–water partition coefficient (Wildman–Crippen LogP) is 5.99. The van der Waals surface area contributed by atoms with Gasteiger partial charge in [0.15, 0.2) is 24.5 Å². The number of benzene rings is 1. The maximum atomic E-state index is 13.5. The molecule has 0 spiro atoms. The fourth-order valence-corrected chi connectivity index (χ4v) is 4.46. The molecule has 1 aromatic carbocycles. The number of nitrogens with one attached hydrogen (secondary N) is 1. The number of para-hydroxylation sites is 1. The molecule has 1 saturated heterocycles. The largest absolute Gasteiger partial charge is 0.462 e. The number of carbonyl (C=O) groups is 4. The Kier molecular flexibility index (Phi) is 13.3. The Balaban J connectivity index is 2.84. The van der Waals surface area contributed by atoms with Crippen LogP contribution in [0.5, 0.6) is 0 Å². The molecule has 1 fully saturated rings. The van der Waals surface area contributed by atoms with Gasteiger partial charge < -0.3 is 23.7 Å². The Morgan fingerprint density at radius 1 is 0.796 bits per heavy atom. The van der Waals surface area contributed by atoms with Crippen LogP contribution in [0.15, 0.2) is 36.9 Å². The lowest BCUT2D eigenvalue weighted by molar-refractivity contribution is -0.385. The van der Waals surface area contributed by atoms with E-state index in [1.807, 2.05) is 0 Å². The molecule has 1 aliphatic rings. The zero-order valence-corrected chi connectivity index (χ0v) is 30.9. The van der Waals surface area contributed by atoms with E-state index in [0.29, 0.717) is 0 Å². The molecule has 6 atom stereocenters. The molecule has 13 heteroatoms. The highest BCUT2D eigenvalue weighted by molar-refractivity contribution is 5.78. The SMILES string of the molecule is C=CC[C@H](N[C@@H]1O[C@H](COC(=O)C(C)(C)C)[C@H](OC(=O)C(C)(C)C)[C@H](OC(=O)C(C)(C)C)[C@H]1OC(=O)C(C)(C)C)c1ccccc1[N+](=O)[O-]. The molecule has 2 rings (SSSR count). The normalized spacial score (nSPS) is 22.3. The van der Waals surface area contributed by atoms with Crippen molar-refractivity contribution in [1.82, 2.24) is 5.32 Å². The minimum absolute atomic E-state index is 0.170. The number of esters is 4. The molecule has 49 heavy (non-hydrogen) atoms. The van der Waals surface area contributed by atoms with Crippen molar-refractivity contribution in [2.75, 3.05) is 6.61 Å². The van der Waals surface area contributed by atoms with Crippen molar-refractivity contribution in [3.8, 4) is 0 Å². The molecule has 0 radical (unpaired) electrons. The van der Waals surface area contributed by atoms with Gasteiger partial charge in [0, 0.05) is 17.7 Å². The third kappa shape index (κ3) is 11.4. The first-order valence-electron chi connectivity index (χ1n) is 16.3. The Bertz CT molecular complexity index is 1380. The Hall–Kier alpha value is -3.84. The zero-order valence-electron chi connectivity index (χ0n) is 30.9. The van der Waals surface area contributed by atoms with Gasteiger partial charge in [-0.1, -0.05) is 24.3 Å². The van der Waals surface area contributed by atoms with Crippen LogP contribution in [0.1, 0.15) is 101 Å². The van der Waals surface area contributed by atoms with Gasteiger partial charge in [0.2, 0.25) is 0 Å². The van der Waals surface area contributed by atoms with Gasteiger partial charge in [0.05, 0.1) is 26.6 Å². The van der Waals surface area contributed by atoms with E-state index in [1.165, 1.54) is 12.1 Å². The third-order valence-electron chi connectivity index (χ3n) is 7.47. The highest BCUT2D eigenvalue weighted by Gasteiger charge is 2.55. The average Bonchev–Trinajstić information content (AvgIpc) is 2.96. The molecular formula is C36H54N2O11. The van der Waals surface area contributed by atoms with Crippen LogP contribution in [0.25, 0.3) is 0 Å². The molecule has 0 amide bonds. The minimum Gasteiger partial charge on any atom is -0.462 e. The first-order chi connectivity index (χ1) is 22.3. The summed E-state index contributed by atoms with van der Waals surface area (Å²) in [5.41, 5.74) is -3.87. The van der Waals surface area contributed by atoms with Gasteiger partial charge >= 0.3 is 23.9 Å². The van der Waals surface area contributed by atoms with Crippen molar-refractivity contribution in [3.05, 3.63) is 52.6 Å². The van der Waals surface area contributed by atoms with E-state index < -0.39 is 93.8 Å². The standard InChI is InChI=1S/C36H54N2O11/c1-14-17-22(21-18-15-16-19-23(21)38(43)44)37-28-27(49-32(42)36(11,12)13)26(48-31(41)35(8,9)10)25(47-30(40)34(5,6)7)24(46-28)20-45-29(39)33(2,3)4/h14-16,18-19,22,24-28,37H,1,17,20H2,2-13H3/t22-,24+,25-,26-,27+,28+/m0/s1. The Morgan fingerprint density at radius 3 is 1.69 bits per heavy atom. The van der Waals surface area contributed by atoms with Gasteiger partial charge in [-0.2, -0.15) is 0 Å². The van der Waals surface area contributed by atoms with Crippen LogP contribution >= 0.6 is 0 Å². The fourth-order valence-electron chi connectivity index (χ4n) is 4.46. The lowest BCUT2D eigenvalue weighted by Gasteiger charge is -2.47. The quantitative estimate of drug-likeness (QED) is 0.0948. The lowest BCUT2D eigenvalue weighted by Crippen LogP contribution is -2.66. The first kappa shape index (κ1) is 41.3. The molecule has 0 aromatic heterocycles. The monoisotopic (exact) mass is 690 g/mol. The second-order valence-corrected chi connectivity index (χ2v) is 16.4. The topological polar surface area (TPSA) is 170 Å². The number of ether oxygens (including phenoxy) is 5. The van der Waals surface area contributed by atoms with Gasteiger partial charge in [-0.25, -0.2) is 0 Å². The molecule has 13 nitrogen and oxygen atoms in total. The van der Waals surface area contributed by atoms with E-state index in [2.05, 4.69) is 11.9 Å². The fraction of sp³-hybridized carbons (Fsp3) is 0.667. The smallest absolute Gasteiger partial charge is 0.311 e. The van der Waals surface area contributed by atoms with Gasteiger partial charge in [0.25, 0.3) is 5.69 Å². The summed E-state index contributed by atoms with van der Waals surface area (Å²) < 4.78 is 30.2. The molecule has 0 unspecified atom stereocenters. The minimum atomic E-state index is -1.47. The van der Waals surface area contributed by atoms with E-state index in [4.69, 9.17) is 23.7 Å². The van der Waals surface area contributed by atoms with E-state index in [0.717, 1.165) is 0 Å². The summed E-state index contributed by atoms with van der Waals surface area (Å²) in [5, 5.41) is 15.2. The van der Waals surface area contributed by atoms with Gasteiger partial charge in [-0.3, -0.25) is 34.6 Å².